The van der Waals surface area contributed by atoms with E-state index in [4.69, 9.17) is 10.00 Å². The fourth-order valence-corrected chi connectivity index (χ4v) is 1.53. The molecule has 0 atom stereocenters. The normalized spacial score (nSPS) is 9.35. The van der Waals surface area contributed by atoms with Gasteiger partial charge in [0.05, 0.1) is 11.3 Å². The molecule has 0 aliphatic carbocycles. The minimum atomic E-state index is -0.332. The summed E-state index contributed by atoms with van der Waals surface area (Å²) in [4.78, 5) is 11.6. The number of hydrogen-bond donors (Lipinski definition) is 2. The van der Waals surface area contributed by atoms with Crippen molar-refractivity contribution in [2.75, 3.05) is 12.0 Å². The maximum Gasteiger partial charge on any atom is 0.276 e. The highest BCUT2D eigenvalue weighted by atomic mass is 16.5. The van der Waals surface area contributed by atoms with E-state index in [1.807, 2.05) is 36.4 Å². The fraction of sp³-hybridized carbons (Fsp3) is 0.0667. The van der Waals surface area contributed by atoms with E-state index < -0.39 is 0 Å². The number of para-hydroxylation sites is 2. The van der Waals surface area contributed by atoms with Crippen LogP contribution in [0.4, 0.5) is 5.69 Å². The molecule has 20 heavy (non-hydrogen) atoms. The molecule has 0 saturated carbocycles. The second-order valence-electron chi connectivity index (χ2n) is 3.94. The molecule has 5 heteroatoms. The third kappa shape index (κ3) is 3.75. The van der Waals surface area contributed by atoms with E-state index in [1.54, 1.807) is 24.3 Å². The number of ether oxygens (including phenoxy) is 1. The number of hydrogen-bond acceptors (Lipinski definition) is 4. The van der Waals surface area contributed by atoms with Gasteiger partial charge in [-0.05, 0) is 24.3 Å². The van der Waals surface area contributed by atoms with Gasteiger partial charge in [0.2, 0.25) is 0 Å². The number of nitriles is 1. The monoisotopic (exact) mass is 267 g/mol. The number of carbonyl (C=O) groups excluding carboxylic acids is 1. The highest BCUT2D eigenvalue weighted by Crippen LogP contribution is 2.16. The van der Waals surface area contributed by atoms with Crippen molar-refractivity contribution in [3.63, 3.8) is 0 Å². The first-order chi connectivity index (χ1) is 9.79. The third-order valence-corrected chi connectivity index (χ3v) is 2.49. The minimum Gasteiger partial charge on any atom is -0.482 e. The molecular weight excluding hydrogens is 254 g/mol. The third-order valence-electron chi connectivity index (χ3n) is 2.49. The Balaban J connectivity index is 1.82. The van der Waals surface area contributed by atoms with E-state index in [9.17, 15) is 4.79 Å². The largest absolute Gasteiger partial charge is 0.482 e. The number of nitrogens with one attached hydrogen (secondary N) is 2. The molecule has 2 aromatic carbocycles. The minimum absolute atomic E-state index is 0.168. The molecule has 2 N–H and O–H groups in total. The summed E-state index contributed by atoms with van der Waals surface area (Å²) in [5.74, 6) is 0.0615. The Kier molecular flexibility index (Phi) is 4.57. The summed E-state index contributed by atoms with van der Waals surface area (Å²) in [6.07, 6.45) is 0. The van der Waals surface area contributed by atoms with Gasteiger partial charge in [-0.1, -0.05) is 30.3 Å². The average Bonchev–Trinajstić information content (AvgIpc) is 2.52. The maximum atomic E-state index is 11.6. The SMILES string of the molecule is N#Cc1ccccc1OCC(=O)NNc1ccccc1. The molecule has 0 unspecified atom stereocenters. The smallest absolute Gasteiger partial charge is 0.276 e. The van der Waals surface area contributed by atoms with Gasteiger partial charge in [0.25, 0.3) is 5.91 Å². The van der Waals surface area contributed by atoms with Crippen LogP contribution in [0.1, 0.15) is 5.56 Å². The van der Waals surface area contributed by atoms with Crippen molar-refractivity contribution in [1.82, 2.24) is 5.43 Å². The van der Waals surface area contributed by atoms with Crippen molar-refractivity contribution < 1.29 is 9.53 Å². The van der Waals surface area contributed by atoms with Crippen LogP contribution < -0.4 is 15.6 Å². The molecule has 0 saturated heterocycles. The van der Waals surface area contributed by atoms with Gasteiger partial charge >= 0.3 is 0 Å². The molecule has 0 spiro atoms. The summed E-state index contributed by atoms with van der Waals surface area (Å²) in [5, 5.41) is 8.89. The molecule has 0 aromatic heterocycles. The first-order valence-electron chi connectivity index (χ1n) is 6.01. The standard InChI is InChI=1S/C15H13N3O2/c16-10-12-6-4-5-9-14(12)20-11-15(19)18-17-13-7-2-1-3-8-13/h1-9,17H,11H2,(H,18,19). The van der Waals surface area contributed by atoms with Crippen LogP contribution in [0.2, 0.25) is 0 Å². The summed E-state index contributed by atoms with van der Waals surface area (Å²) in [6, 6.07) is 18.0. The number of carbonyl (C=O) groups is 1. The van der Waals surface area contributed by atoms with Crippen LogP contribution >= 0.6 is 0 Å². The molecule has 100 valence electrons. The average molecular weight is 267 g/mol. The van der Waals surface area contributed by atoms with Crippen LogP contribution in [0.5, 0.6) is 5.75 Å². The number of hydrazine groups is 1. The fourth-order valence-electron chi connectivity index (χ4n) is 1.53. The number of anilines is 1. The number of benzene rings is 2. The Bertz CT molecular complexity index is 621. The summed E-state index contributed by atoms with van der Waals surface area (Å²) in [7, 11) is 0. The van der Waals surface area contributed by atoms with Crippen LogP contribution in [0.25, 0.3) is 0 Å². The van der Waals surface area contributed by atoms with Crippen LogP contribution in [0, 0.1) is 11.3 Å². The molecule has 2 aromatic rings. The van der Waals surface area contributed by atoms with E-state index in [2.05, 4.69) is 10.9 Å². The molecule has 5 nitrogen and oxygen atoms in total. The summed E-state index contributed by atoms with van der Waals surface area (Å²) in [6.45, 7) is -0.168. The molecule has 0 fully saturated rings. The van der Waals surface area contributed by atoms with Crippen LogP contribution in [0.3, 0.4) is 0 Å². The molecular formula is C15H13N3O2. The van der Waals surface area contributed by atoms with Crippen LogP contribution in [-0.2, 0) is 4.79 Å². The van der Waals surface area contributed by atoms with Gasteiger partial charge in [-0.25, -0.2) is 0 Å². The molecule has 0 aliphatic rings. The van der Waals surface area contributed by atoms with Gasteiger partial charge in [0.15, 0.2) is 6.61 Å². The zero-order valence-electron chi connectivity index (χ0n) is 10.7. The predicted octanol–water partition coefficient (Wildman–Crippen LogP) is 2.08. The lowest BCUT2D eigenvalue weighted by Crippen LogP contribution is -2.33. The van der Waals surface area contributed by atoms with Gasteiger partial charge in [-0.3, -0.25) is 15.6 Å². The number of amides is 1. The lowest BCUT2D eigenvalue weighted by molar-refractivity contribution is -0.122. The van der Waals surface area contributed by atoms with E-state index >= 15 is 0 Å². The Labute approximate surface area is 116 Å². The zero-order valence-corrected chi connectivity index (χ0v) is 10.7. The zero-order chi connectivity index (χ0) is 14.2. The lowest BCUT2D eigenvalue weighted by Gasteiger charge is -2.10. The quantitative estimate of drug-likeness (QED) is 0.813. The molecule has 1 amide bonds. The molecule has 0 heterocycles. The number of nitrogens with zero attached hydrogens (tertiary/aromatic N) is 1. The highest BCUT2D eigenvalue weighted by Gasteiger charge is 2.05. The second-order valence-corrected chi connectivity index (χ2v) is 3.94. The first-order valence-corrected chi connectivity index (χ1v) is 6.01. The van der Waals surface area contributed by atoms with Gasteiger partial charge in [0, 0.05) is 0 Å². The van der Waals surface area contributed by atoms with E-state index in [1.165, 1.54) is 0 Å². The van der Waals surface area contributed by atoms with E-state index in [-0.39, 0.29) is 12.5 Å². The van der Waals surface area contributed by atoms with Crippen LogP contribution in [-0.4, -0.2) is 12.5 Å². The number of rotatable bonds is 5. The van der Waals surface area contributed by atoms with Crippen molar-refractivity contribution in [1.29, 1.82) is 5.26 Å². The van der Waals surface area contributed by atoms with Gasteiger partial charge in [-0.15, -0.1) is 0 Å². The molecule has 0 radical (unpaired) electrons. The maximum absolute atomic E-state index is 11.6. The molecule has 2 rings (SSSR count). The van der Waals surface area contributed by atoms with Gasteiger partial charge in [0.1, 0.15) is 11.8 Å². The Morgan fingerprint density at radius 2 is 1.80 bits per heavy atom. The van der Waals surface area contributed by atoms with Gasteiger partial charge < -0.3 is 4.74 Å². The first kappa shape index (κ1) is 13.4. The summed E-state index contributed by atoms with van der Waals surface area (Å²) >= 11 is 0. The van der Waals surface area contributed by atoms with Crippen molar-refractivity contribution in [2.45, 2.75) is 0 Å². The van der Waals surface area contributed by atoms with Crippen molar-refractivity contribution >= 4 is 11.6 Å². The predicted molar refractivity (Wildman–Crippen MR) is 74.9 cm³/mol. The highest BCUT2D eigenvalue weighted by molar-refractivity contribution is 5.78. The topological polar surface area (TPSA) is 74.1 Å². The summed E-state index contributed by atoms with van der Waals surface area (Å²) in [5.41, 5.74) is 6.45. The van der Waals surface area contributed by atoms with E-state index in [0.29, 0.717) is 11.3 Å². The van der Waals surface area contributed by atoms with Crippen molar-refractivity contribution in [3.8, 4) is 11.8 Å². The van der Waals surface area contributed by atoms with E-state index in [0.717, 1.165) is 5.69 Å². The Hall–Kier alpha value is -3.00. The summed E-state index contributed by atoms with van der Waals surface area (Å²) < 4.78 is 5.30. The molecule has 0 bridgehead atoms. The second kappa shape index (κ2) is 6.81. The Morgan fingerprint density at radius 3 is 2.55 bits per heavy atom. The molecule has 0 aliphatic heterocycles. The van der Waals surface area contributed by atoms with Crippen molar-refractivity contribution in [2.24, 2.45) is 0 Å². The van der Waals surface area contributed by atoms with Crippen LogP contribution in [0.15, 0.2) is 54.6 Å². The Morgan fingerprint density at radius 1 is 1.10 bits per heavy atom. The van der Waals surface area contributed by atoms with Gasteiger partial charge in [-0.2, -0.15) is 5.26 Å². The lowest BCUT2D eigenvalue weighted by atomic mass is 10.2. The van der Waals surface area contributed by atoms with Crippen molar-refractivity contribution in [3.05, 3.63) is 60.2 Å².